The monoisotopic (exact) mass is 373 g/mol. The lowest BCUT2D eigenvalue weighted by Gasteiger charge is -2.16. The molecular formula is C23H20FN3O. The highest BCUT2D eigenvalue weighted by atomic mass is 19.1. The van der Waals surface area contributed by atoms with Crippen molar-refractivity contribution in [1.82, 2.24) is 5.32 Å². The first-order valence-corrected chi connectivity index (χ1v) is 9.00. The van der Waals surface area contributed by atoms with E-state index in [1.807, 2.05) is 30.6 Å². The Morgan fingerprint density at radius 3 is 2.61 bits per heavy atom. The van der Waals surface area contributed by atoms with Gasteiger partial charge in [-0.2, -0.15) is 0 Å². The second-order valence-electron chi connectivity index (χ2n) is 6.72. The van der Waals surface area contributed by atoms with Crippen LogP contribution in [0, 0.1) is 5.82 Å². The first kappa shape index (κ1) is 17.8. The number of anilines is 1. The first-order chi connectivity index (χ1) is 13.6. The molecule has 0 unspecified atom stereocenters. The zero-order valence-corrected chi connectivity index (χ0v) is 15.2. The molecule has 3 aromatic carbocycles. The Hall–Kier alpha value is -3.60. The predicted octanol–water partition coefficient (Wildman–Crippen LogP) is 4.34. The fraction of sp³-hybridized carbons (Fsp3) is 0.0870. The van der Waals surface area contributed by atoms with Gasteiger partial charge in [0.15, 0.2) is 0 Å². The summed E-state index contributed by atoms with van der Waals surface area (Å²) in [6.07, 6.45) is 3.83. The van der Waals surface area contributed by atoms with Crippen LogP contribution in [0.15, 0.2) is 71.9 Å². The number of rotatable bonds is 4. The highest BCUT2D eigenvalue weighted by Crippen LogP contribution is 2.28. The maximum absolute atomic E-state index is 13.2. The van der Waals surface area contributed by atoms with Crippen LogP contribution in [0.5, 0.6) is 5.75 Å². The van der Waals surface area contributed by atoms with Crippen molar-refractivity contribution in [2.24, 2.45) is 4.99 Å². The third-order valence-electron chi connectivity index (χ3n) is 4.75. The van der Waals surface area contributed by atoms with Crippen molar-refractivity contribution < 1.29 is 9.50 Å². The van der Waals surface area contributed by atoms with Gasteiger partial charge >= 0.3 is 0 Å². The van der Waals surface area contributed by atoms with Crippen molar-refractivity contribution in [3.05, 3.63) is 89.4 Å². The zero-order valence-electron chi connectivity index (χ0n) is 15.2. The summed E-state index contributed by atoms with van der Waals surface area (Å²) in [6.45, 7) is 1.15. The smallest absolute Gasteiger partial charge is 0.138 e. The molecule has 1 heterocycles. The first-order valence-electron chi connectivity index (χ1n) is 9.00. The van der Waals surface area contributed by atoms with Crippen LogP contribution in [-0.2, 0) is 6.54 Å². The number of nitrogen functional groups attached to an aromatic ring is 1. The third-order valence-corrected chi connectivity index (χ3v) is 4.75. The second-order valence-corrected chi connectivity index (χ2v) is 6.72. The summed E-state index contributed by atoms with van der Waals surface area (Å²) < 4.78 is 13.2. The van der Waals surface area contributed by atoms with Crippen molar-refractivity contribution >= 4 is 17.5 Å². The highest BCUT2D eigenvalue weighted by Gasteiger charge is 2.12. The highest BCUT2D eigenvalue weighted by molar-refractivity contribution is 5.93. The van der Waals surface area contributed by atoms with Gasteiger partial charge in [-0.05, 0) is 63.7 Å². The van der Waals surface area contributed by atoms with Crippen LogP contribution >= 0.6 is 0 Å². The van der Waals surface area contributed by atoms with Gasteiger partial charge in [0.25, 0.3) is 0 Å². The normalized spacial score (nSPS) is 14.1. The standard InChI is InChI=1S/C23H20FN3O/c24-20-6-4-16(5-7-20)17-2-3-18-12-27-14-19(21(18)10-17)13-26-11-15-1-8-22(25)23(28)9-15/h1-10,12-13,26,28H,11,14,25H2. The molecule has 0 aliphatic carbocycles. The van der Waals surface area contributed by atoms with E-state index in [-0.39, 0.29) is 11.6 Å². The molecule has 0 saturated heterocycles. The molecule has 0 fully saturated rings. The lowest BCUT2D eigenvalue weighted by molar-refractivity contribution is 0.477. The number of phenols is 1. The van der Waals surface area contributed by atoms with Crippen molar-refractivity contribution in [1.29, 1.82) is 0 Å². The lowest BCUT2D eigenvalue weighted by atomic mass is 9.94. The molecule has 0 saturated carbocycles. The maximum Gasteiger partial charge on any atom is 0.138 e. The number of nitrogens with one attached hydrogen (secondary N) is 1. The molecule has 0 bridgehead atoms. The molecule has 0 radical (unpaired) electrons. The van der Waals surface area contributed by atoms with E-state index >= 15 is 0 Å². The fourth-order valence-corrected chi connectivity index (χ4v) is 3.21. The Morgan fingerprint density at radius 2 is 1.82 bits per heavy atom. The van der Waals surface area contributed by atoms with Gasteiger partial charge in [0, 0.05) is 19.0 Å². The van der Waals surface area contributed by atoms with Crippen LogP contribution in [0.25, 0.3) is 16.7 Å². The number of nitrogens with zero attached hydrogens (tertiary/aromatic N) is 1. The number of aliphatic imine (C=N–C) groups is 1. The Morgan fingerprint density at radius 1 is 1.04 bits per heavy atom. The van der Waals surface area contributed by atoms with Gasteiger partial charge in [0.2, 0.25) is 0 Å². The predicted molar refractivity (Wildman–Crippen MR) is 112 cm³/mol. The summed E-state index contributed by atoms with van der Waals surface area (Å²) in [7, 11) is 0. The number of fused-ring (bicyclic) bond motifs is 1. The Kier molecular flexibility index (Phi) is 4.81. The molecule has 1 aliphatic rings. The molecule has 0 spiro atoms. The summed E-state index contributed by atoms with van der Waals surface area (Å²) >= 11 is 0. The van der Waals surface area contributed by atoms with Crippen LogP contribution in [0.4, 0.5) is 10.1 Å². The van der Waals surface area contributed by atoms with Crippen LogP contribution in [0.2, 0.25) is 0 Å². The minimum atomic E-state index is -0.243. The van der Waals surface area contributed by atoms with Crippen molar-refractivity contribution in [3.63, 3.8) is 0 Å². The van der Waals surface area contributed by atoms with E-state index in [1.165, 1.54) is 12.1 Å². The molecule has 4 nitrogen and oxygen atoms in total. The van der Waals surface area contributed by atoms with Gasteiger partial charge in [0.05, 0.1) is 12.2 Å². The molecule has 140 valence electrons. The van der Waals surface area contributed by atoms with Gasteiger partial charge in [-0.3, -0.25) is 4.99 Å². The van der Waals surface area contributed by atoms with E-state index in [0.717, 1.165) is 33.4 Å². The number of phenolic OH excluding ortho intramolecular Hbond substituents is 1. The molecule has 0 aromatic heterocycles. The third kappa shape index (κ3) is 3.74. The number of hydrogen-bond acceptors (Lipinski definition) is 4. The van der Waals surface area contributed by atoms with Crippen LogP contribution in [0.3, 0.4) is 0 Å². The minimum absolute atomic E-state index is 0.0866. The molecule has 4 N–H and O–H groups in total. The quantitative estimate of drug-likeness (QED) is 0.470. The summed E-state index contributed by atoms with van der Waals surface area (Å²) in [6, 6.07) is 17.9. The maximum atomic E-state index is 13.2. The molecule has 0 atom stereocenters. The number of nitrogens with two attached hydrogens (primary N) is 1. The topological polar surface area (TPSA) is 70.6 Å². The Bertz CT molecular complexity index is 1070. The molecule has 28 heavy (non-hydrogen) atoms. The summed E-state index contributed by atoms with van der Waals surface area (Å²) in [5, 5.41) is 13.0. The SMILES string of the molecule is Nc1ccc(CNC=C2CN=Cc3ccc(-c4ccc(F)cc4)cc32)cc1O. The van der Waals surface area contributed by atoms with Crippen molar-refractivity contribution in [3.8, 4) is 16.9 Å². The summed E-state index contributed by atoms with van der Waals surface area (Å²) in [5.41, 5.74) is 12.2. The van der Waals surface area contributed by atoms with E-state index in [0.29, 0.717) is 18.8 Å². The number of aromatic hydroxyl groups is 1. The molecular weight excluding hydrogens is 353 g/mol. The summed E-state index contributed by atoms with van der Waals surface area (Å²) in [4.78, 5) is 4.43. The van der Waals surface area contributed by atoms with Gasteiger partial charge in [0.1, 0.15) is 11.6 Å². The van der Waals surface area contributed by atoms with Gasteiger partial charge < -0.3 is 16.2 Å². The van der Waals surface area contributed by atoms with Crippen LogP contribution in [-0.4, -0.2) is 17.9 Å². The van der Waals surface area contributed by atoms with E-state index in [1.54, 1.807) is 24.3 Å². The van der Waals surface area contributed by atoms with Crippen LogP contribution < -0.4 is 11.1 Å². The molecule has 3 aromatic rings. The number of halogens is 1. The van der Waals surface area contributed by atoms with Gasteiger partial charge in [-0.15, -0.1) is 0 Å². The summed E-state index contributed by atoms with van der Waals surface area (Å²) in [5.74, 6) is -0.157. The van der Waals surface area contributed by atoms with E-state index in [9.17, 15) is 9.50 Å². The van der Waals surface area contributed by atoms with E-state index < -0.39 is 0 Å². The second kappa shape index (κ2) is 7.56. The van der Waals surface area contributed by atoms with Crippen LogP contribution in [0.1, 0.15) is 16.7 Å². The number of hydrogen-bond donors (Lipinski definition) is 3. The minimum Gasteiger partial charge on any atom is -0.506 e. The van der Waals surface area contributed by atoms with Gasteiger partial charge in [-0.1, -0.05) is 30.3 Å². The van der Waals surface area contributed by atoms with E-state index in [4.69, 9.17) is 5.73 Å². The zero-order chi connectivity index (χ0) is 19.5. The average molecular weight is 373 g/mol. The largest absolute Gasteiger partial charge is 0.506 e. The van der Waals surface area contributed by atoms with E-state index in [2.05, 4.69) is 16.4 Å². The van der Waals surface area contributed by atoms with Crippen molar-refractivity contribution in [2.75, 3.05) is 12.3 Å². The molecule has 0 amide bonds. The number of benzene rings is 3. The lowest BCUT2D eigenvalue weighted by Crippen LogP contribution is -2.10. The molecule has 1 aliphatic heterocycles. The van der Waals surface area contributed by atoms with Gasteiger partial charge in [-0.25, -0.2) is 4.39 Å². The van der Waals surface area contributed by atoms with Crippen molar-refractivity contribution in [2.45, 2.75) is 6.54 Å². The average Bonchev–Trinajstić information content (AvgIpc) is 2.71. The molecule has 5 heteroatoms. The molecule has 4 rings (SSSR count). The Labute approximate surface area is 162 Å². The Balaban J connectivity index is 1.57. The fourth-order valence-electron chi connectivity index (χ4n) is 3.21.